The number of benzene rings is 9. The molecule has 0 saturated heterocycles. The summed E-state index contributed by atoms with van der Waals surface area (Å²) < 4.78 is 2.39. The van der Waals surface area contributed by atoms with E-state index in [-0.39, 0.29) is 0 Å². The van der Waals surface area contributed by atoms with Crippen LogP contribution in [0.3, 0.4) is 0 Å². The minimum Gasteiger partial charge on any atom is -0.309 e. The molecule has 0 bridgehead atoms. The van der Waals surface area contributed by atoms with Crippen molar-refractivity contribution in [1.82, 2.24) is 19.5 Å². The Balaban J connectivity index is 1.24. The van der Waals surface area contributed by atoms with Crippen LogP contribution in [0, 0.1) is 6.92 Å². The van der Waals surface area contributed by atoms with Gasteiger partial charge in [0.1, 0.15) is 0 Å². The molecule has 0 radical (unpaired) electrons. The van der Waals surface area contributed by atoms with Gasteiger partial charge in [-0.2, -0.15) is 0 Å². The number of fused-ring (bicyclic) bond motifs is 3. The van der Waals surface area contributed by atoms with Gasteiger partial charge in [0.25, 0.3) is 0 Å². The maximum atomic E-state index is 5.37. The Morgan fingerprint density at radius 1 is 0.349 bits per heavy atom. The van der Waals surface area contributed by atoms with Gasteiger partial charge in [0.05, 0.1) is 16.7 Å². The predicted octanol–water partition coefficient (Wildman–Crippen LogP) is 11.3. The van der Waals surface area contributed by atoms with E-state index in [2.05, 4.69) is 212 Å². The van der Waals surface area contributed by atoms with E-state index >= 15 is 0 Å². The normalized spacial score (nSPS) is 11.6. The molecule has 5 heteroatoms. The third-order valence-electron chi connectivity index (χ3n) is 12.3. The summed E-state index contributed by atoms with van der Waals surface area (Å²) in [4.78, 5) is 15.8. The molecule has 0 spiro atoms. The van der Waals surface area contributed by atoms with E-state index in [1.54, 1.807) is 0 Å². The Morgan fingerprint density at radius 3 is 1.41 bits per heavy atom. The minimum atomic E-state index is -2.92. The van der Waals surface area contributed by atoms with Gasteiger partial charge < -0.3 is 4.57 Å². The van der Waals surface area contributed by atoms with Gasteiger partial charge in [0.2, 0.25) is 0 Å². The molecule has 0 fully saturated rings. The fourth-order valence-electron chi connectivity index (χ4n) is 9.45. The third kappa shape index (κ3) is 6.67. The lowest BCUT2D eigenvalue weighted by molar-refractivity contribution is 1.06. The molecule has 0 saturated carbocycles. The van der Waals surface area contributed by atoms with E-state index in [4.69, 9.17) is 15.0 Å². The van der Waals surface area contributed by atoms with Crippen LogP contribution in [0.25, 0.3) is 72.8 Å². The summed E-state index contributed by atoms with van der Waals surface area (Å²) in [6, 6.07) is 85.2. The van der Waals surface area contributed by atoms with Crippen molar-refractivity contribution in [1.29, 1.82) is 0 Å². The first-order chi connectivity index (χ1) is 31.2. The molecular weight excluding hydrogens is 781 g/mol. The quantitative estimate of drug-likeness (QED) is 0.108. The number of rotatable bonds is 9. The second-order valence-electron chi connectivity index (χ2n) is 16.0. The van der Waals surface area contributed by atoms with Gasteiger partial charge in [-0.05, 0) is 69.1 Å². The first-order valence-corrected chi connectivity index (χ1v) is 23.4. The fourth-order valence-corrected chi connectivity index (χ4v) is 14.4. The highest BCUT2D eigenvalue weighted by Crippen LogP contribution is 2.38. The summed E-state index contributed by atoms with van der Waals surface area (Å²) in [6.45, 7) is 2.16. The van der Waals surface area contributed by atoms with Gasteiger partial charge in [-0.25, -0.2) is 15.0 Å². The van der Waals surface area contributed by atoms with Gasteiger partial charge >= 0.3 is 0 Å². The van der Waals surface area contributed by atoms with Crippen LogP contribution in [0.1, 0.15) is 5.56 Å². The van der Waals surface area contributed by atoms with Crippen molar-refractivity contribution in [3.8, 4) is 51.0 Å². The van der Waals surface area contributed by atoms with Crippen molar-refractivity contribution in [3.63, 3.8) is 0 Å². The SMILES string of the molecule is Cc1ccc2c(c1)c1ccccc1n2-c1ccc(-c2ccccc2[Si](c2ccccc2)(c2ccccc2)c2ccccc2)cc1-c1nc(-c2ccccc2)nc(-c2ccccc2)n1. The topological polar surface area (TPSA) is 43.6 Å². The van der Waals surface area contributed by atoms with Crippen molar-refractivity contribution < 1.29 is 0 Å². The maximum Gasteiger partial charge on any atom is 0.180 e. The zero-order valence-electron chi connectivity index (χ0n) is 34.8. The standard InChI is InChI=1S/C58H42N4Si/c1-41-35-37-53-50(39-41)49-32-17-19-33-52(49)62(53)54-38-36-44(40-51(54)58-60-56(42-21-7-2-8-22-42)59-57(61-58)43-23-9-3-10-24-43)48-31-18-20-34-55(48)63(45-25-11-4-12-26-45,46-27-13-5-14-28-46)47-29-15-6-16-30-47/h2-40H,1H3. The largest absolute Gasteiger partial charge is 0.309 e. The number of hydrogen-bond donors (Lipinski definition) is 0. The monoisotopic (exact) mass is 822 g/mol. The Labute approximate surface area is 368 Å². The number of aromatic nitrogens is 4. The highest BCUT2D eigenvalue weighted by molar-refractivity contribution is 7.20. The number of para-hydroxylation sites is 1. The van der Waals surface area contributed by atoms with Crippen LogP contribution in [-0.4, -0.2) is 27.6 Å². The summed E-state index contributed by atoms with van der Waals surface area (Å²) in [5, 5.41) is 7.69. The van der Waals surface area contributed by atoms with E-state index in [0.29, 0.717) is 17.5 Å². The van der Waals surface area contributed by atoms with Crippen LogP contribution in [-0.2, 0) is 0 Å². The molecule has 63 heavy (non-hydrogen) atoms. The molecule has 11 rings (SSSR count). The van der Waals surface area contributed by atoms with Crippen molar-refractivity contribution in [3.05, 3.63) is 242 Å². The molecule has 9 aromatic carbocycles. The van der Waals surface area contributed by atoms with Crippen molar-refractivity contribution in [2.45, 2.75) is 6.92 Å². The van der Waals surface area contributed by atoms with Crippen LogP contribution in [0.15, 0.2) is 237 Å². The smallest absolute Gasteiger partial charge is 0.180 e. The number of hydrogen-bond acceptors (Lipinski definition) is 3. The predicted molar refractivity (Wildman–Crippen MR) is 264 cm³/mol. The first-order valence-electron chi connectivity index (χ1n) is 21.4. The molecular formula is C58H42N4Si. The Hall–Kier alpha value is -7.99. The molecule has 0 aliphatic heterocycles. The van der Waals surface area contributed by atoms with Crippen LogP contribution in [0.5, 0.6) is 0 Å². The average molecular weight is 823 g/mol. The Morgan fingerprint density at radius 2 is 0.825 bits per heavy atom. The van der Waals surface area contributed by atoms with Gasteiger partial charge in [-0.3, -0.25) is 0 Å². The summed E-state index contributed by atoms with van der Waals surface area (Å²) in [6.07, 6.45) is 0. The van der Waals surface area contributed by atoms with E-state index < -0.39 is 8.07 Å². The van der Waals surface area contributed by atoms with Crippen LogP contribution in [0.4, 0.5) is 0 Å². The molecule has 0 atom stereocenters. The van der Waals surface area contributed by atoms with E-state index in [0.717, 1.165) is 39.0 Å². The van der Waals surface area contributed by atoms with Gasteiger partial charge in [0.15, 0.2) is 25.5 Å². The second kappa shape index (κ2) is 16.1. The van der Waals surface area contributed by atoms with Crippen molar-refractivity contribution in [2.75, 3.05) is 0 Å². The van der Waals surface area contributed by atoms with Gasteiger partial charge in [0, 0.05) is 27.5 Å². The van der Waals surface area contributed by atoms with Gasteiger partial charge in [-0.15, -0.1) is 0 Å². The van der Waals surface area contributed by atoms with E-state index in [9.17, 15) is 0 Å². The third-order valence-corrected chi connectivity index (χ3v) is 17.1. The lowest BCUT2D eigenvalue weighted by Crippen LogP contribution is -2.75. The fraction of sp³-hybridized carbons (Fsp3) is 0.0172. The molecule has 0 amide bonds. The molecule has 298 valence electrons. The molecule has 4 nitrogen and oxygen atoms in total. The first kappa shape index (κ1) is 38.0. The molecule has 0 aliphatic carbocycles. The van der Waals surface area contributed by atoms with Gasteiger partial charge in [-0.1, -0.05) is 212 Å². The highest BCUT2D eigenvalue weighted by Gasteiger charge is 2.43. The summed E-state index contributed by atoms with van der Waals surface area (Å²) in [7, 11) is -2.92. The number of nitrogens with zero attached hydrogens (tertiary/aromatic N) is 4. The van der Waals surface area contributed by atoms with E-state index in [1.807, 2.05) is 36.4 Å². The maximum absolute atomic E-state index is 5.37. The zero-order chi connectivity index (χ0) is 42.2. The Kier molecular flexibility index (Phi) is 9.72. The highest BCUT2D eigenvalue weighted by atomic mass is 28.3. The Bertz CT molecular complexity index is 3230. The lowest BCUT2D eigenvalue weighted by atomic mass is 10.0. The summed E-state index contributed by atoms with van der Waals surface area (Å²) in [5.41, 5.74) is 9.49. The molecule has 0 unspecified atom stereocenters. The molecule has 2 aromatic heterocycles. The van der Waals surface area contributed by atoms with Crippen LogP contribution >= 0.6 is 0 Å². The number of aryl methyl sites for hydroxylation is 1. The molecule has 11 aromatic rings. The summed E-state index contributed by atoms with van der Waals surface area (Å²) >= 11 is 0. The summed E-state index contributed by atoms with van der Waals surface area (Å²) in [5.74, 6) is 1.85. The lowest BCUT2D eigenvalue weighted by Gasteiger charge is -2.36. The minimum absolute atomic E-state index is 0.604. The molecule has 0 aliphatic rings. The van der Waals surface area contributed by atoms with E-state index in [1.165, 1.54) is 42.6 Å². The van der Waals surface area contributed by atoms with Crippen molar-refractivity contribution in [2.24, 2.45) is 0 Å². The zero-order valence-corrected chi connectivity index (χ0v) is 35.8. The van der Waals surface area contributed by atoms with Crippen LogP contribution in [0.2, 0.25) is 0 Å². The van der Waals surface area contributed by atoms with Crippen molar-refractivity contribution >= 4 is 50.6 Å². The average Bonchev–Trinajstić information content (AvgIpc) is 3.69. The molecule has 0 N–H and O–H groups in total. The second-order valence-corrected chi connectivity index (χ2v) is 19.8. The molecule has 2 heterocycles. The van der Waals surface area contributed by atoms with Crippen LogP contribution < -0.4 is 20.7 Å².